The van der Waals surface area contributed by atoms with E-state index in [9.17, 15) is 0 Å². The van der Waals surface area contributed by atoms with Crippen molar-refractivity contribution in [2.24, 2.45) is 0 Å². The fourth-order valence-electron chi connectivity index (χ4n) is 9.38. The van der Waals surface area contributed by atoms with Gasteiger partial charge in [-0.1, -0.05) is 164 Å². The van der Waals surface area contributed by atoms with Crippen LogP contribution >= 0.6 is 11.3 Å². The van der Waals surface area contributed by atoms with Gasteiger partial charge in [0.05, 0.1) is 38.1 Å². The summed E-state index contributed by atoms with van der Waals surface area (Å²) in [6, 6.07) is 73.7. The van der Waals surface area contributed by atoms with E-state index in [1.54, 1.807) is 11.3 Å². The maximum absolute atomic E-state index is 5.67. The Morgan fingerprint density at radius 2 is 1.03 bits per heavy atom. The van der Waals surface area contributed by atoms with Crippen molar-refractivity contribution in [1.82, 2.24) is 19.5 Å². The van der Waals surface area contributed by atoms with Crippen LogP contribution in [0.2, 0.25) is 0 Å². The maximum Gasteiger partial charge on any atom is 0.160 e. The molecule has 5 heteroatoms. The second-order valence-corrected chi connectivity index (χ2v) is 16.2. The van der Waals surface area contributed by atoms with Crippen LogP contribution < -0.4 is 0 Å². The highest BCUT2D eigenvalue weighted by atomic mass is 32.1. The van der Waals surface area contributed by atoms with Crippen molar-refractivity contribution >= 4 is 43.4 Å². The van der Waals surface area contributed by atoms with Gasteiger partial charge >= 0.3 is 0 Å². The molecule has 1 aliphatic carbocycles. The quantitative estimate of drug-likeness (QED) is 0.169. The number of rotatable bonds is 6. The highest BCUT2D eigenvalue weighted by Gasteiger charge is 2.49. The lowest BCUT2D eigenvalue weighted by Crippen LogP contribution is -2.29. The summed E-state index contributed by atoms with van der Waals surface area (Å²) in [5.74, 6) is 0.688. The van der Waals surface area contributed by atoms with Crippen molar-refractivity contribution in [3.63, 3.8) is 0 Å². The first-order valence-corrected chi connectivity index (χ1v) is 20.8. The van der Waals surface area contributed by atoms with Crippen LogP contribution in [0.4, 0.5) is 0 Å². The molecule has 0 atom stereocenters. The third-order valence-electron chi connectivity index (χ3n) is 11.9. The van der Waals surface area contributed by atoms with Gasteiger partial charge in [-0.2, -0.15) is 0 Å². The maximum atomic E-state index is 5.67. The molecule has 8 aromatic carbocycles. The van der Waals surface area contributed by atoms with Gasteiger partial charge in [0, 0.05) is 44.3 Å². The molecule has 1 aliphatic rings. The number of nitrogens with zero attached hydrogens (tertiary/aromatic N) is 4. The minimum absolute atomic E-state index is 0.675. The first kappa shape index (κ1) is 33.6. The Kier molecular flexibility index (Phi) is 7.59. The van der Waals surface area contributed by atoms with Gasteiger partial charge in [-0.05, 0) is 59.2 Å². The SMILES string of the molecule is c1ccc(-n2c3ccccc3c3cc(-c4nc(-c5ccc(-c6nc7ccccc7s6)cc5)nc5c4C(c4ccccc4)(c4ccccc4)c4ccccc4-5)ccc32)cc1. The molecule has 0 unspecified atom stereocenters. The summed E-state index contributed by atoms with van der Waals surface area (Å²) in [4.78, 5) is 16.2. The minimum Gasteiger partial charge on any atom is -0.309 e. The summed E-state index contributed by atoms with van der Waals surface area (Å²) in [5.41, 5.74) is 14.5. The van der Waals surface area contributed by atoms with Crippen LogP contribution in [-0.4, -0.2) is 19.5 Å². The Hall–Kier alpha value is -7.47. The number of fused-ring (bicyclic) bond motifs is 7. The summed E-state index contributed by atoms with van der Waals surface area (Å²) in [5, 5.41) is 3.38. The molecule has 0 saturated carbocycles. The van der Waals surface area contributed by atoms with Gasteiger partial charge in [0.2, 0.25) is 0 Å². The number of para-hydroxylation sites is 3. The lowest BCUT2D eigenvalue weighted by molar-refractivity contribution is 0.763. The lowest BCUT2D eigenvalue weighted by Gasteiger charge is -2.34. The van der Waals surface area contributed by atoms with E-state index in [4.69, 9.17) is 15.0 Å². The molecule has 0 saturated heterocycles. The molecule has 0 aliphatic heterocycles. The minimum atomic E-state index is -0.675. The average molecular weight is 771 g/mol. The summed E-state index contributed by atoms with van der Waals surface area (Å²) >= 11 is 1.71. The van der Waals surface area contributed by atoms with Gasteiger partial charge < -0.3 is 4.57 Å². The predicted octanol–water partition coefficient (Wildman–Crippen LogP) is 13.5. The van der Waals surface area contributed by atoms with Crippen LogP contribution in [0.25, 0.3) is 82.2 Å². The van der Waals surface area contributed by atoms with Crippen molar-refractivity contribution in [1.29, 1.82) is 0 Å². The first-order chi connectivity index (χ1) is 29.3. The van der Waals surface area contributed by atoms with Gasteiger partial charge in [0.15, 0.2) is 5.82 Å². The van der Waals surface area contributed by atoms with Gasteiger partial charge in [0.1, 0.15) is 5.01 Å². The molecule has 0 amide bonds. The van der Waals surface area contributed by atoms with Crippen molar-refractivity contribution < 1.29 is 0 Å². The van der Waals surface area contributed by atoms with E-state index in [2.05, 4.69) is 205 Å². The summed E-state index contributed by atoms with van der Waals surface area (Å²) in [7, 11) is 0. The zero-order valence-electron chi connectivity index (χ0n) is 31.8. The van der Waals surface area contributed by atoms with E-state index in [1.165, 1.54) is 37.7 Å². The van der Waals surface area contributed by atoms with Crippen LogP contribution in [0.1, 0.15) is 22.3 Å². The van der Waals surface area contributed by atoms with E-state index >= 15 is 0 Å². The summed E-state index contributed by atoms with van der Waals surface area (Å²) in [6.45, 7) is 0. The predicted molar refractivity (Wildman–Crippen MR) is 243 cm³/mol. The zero-order chi connectivity index (χ0) is 38.9. The number of hydrogen-bond donors (Lipinski definition) is 0. The molecule has 59 heavy (non-hydrogen) atoms. The lowest BCUT2D eigenvalue weighted by atomic mass is 9.67. The van der Waals surface area contributed by atoms with Gasteiger partial charge in [0.25, 0.3) is 0 Å². The molecule has 0 bridgehead atoms. The third kappa shape index (κ3) is 5.12. The molecule has 276 valence electrons. The second kappa shape index (κ2) is 13.3. The third-order valence-corrected chi connectivity index (χ3v) is 13.0. The van der Waals surface area contributed by atoms with Gasteiger partial charge in [-0.3, -0.25) is 0 Å². The Bertz CT molecular complexity index is 3300. The molecule has 0 spiro atoms. The molecule has 0 N–H and O–H groups in total. The molecule has 4 nitrogen and oxygen atoms in total. The number of aromatic nitrogens is 4. The Labute approximate surface area is 345 Å². The fourth-order valence-corrected chi connectivity index (χ4v) is 10.3. The topological polar surface area (TPSA) is 43.6 Å². The van der Waals surface area contributed by atoms with Gasteiger partial charge in [-0.25, -0.2) is 15.0 Å². The zero-order valence-corrected chi connectivity index (χ0v) is 32.6. The molecule has 0 radical (unpaired) electrons. The largest absolute Gasteiger partial charge is 0.309 e. The molecule has 11 aromatic rings. The van der Waals surface area contributed by atoms with Crippen LogP contribution in [0, 0.1) is 0 Å². The molecule has 3 heterocycles. The average Bonchev–Trinajstić information content (AvgIpc) is 3.99. The molecular weight excluding hydrogens is 737 g/mol. The molecular formula is C54H34N4S. The molecule has 3 aromatic heterocycles. The van der Waals surface area contributed by atoms with Crippen LogP contribution in [0.15, 0.2) is 206 Å². The highest BCUT2D eigenvalue weighted by molar-refractivity contribution is 7.21. The summed E-state index contributed by atoms with van der Waals surface area (Å²) in [6.07, 6.45) is 0. The standard InChI is InChI=1S/C54H34N4S/c1-4-16-38(17-5-1)54(39-18-6-2-7-19-39)44-24-12-10-23-42(44)51-49(54)50(56-52(57-51)35-28-30-36(31-29-35)53-55-45-25-13-15-27-48(45)59-53)37-32-33-47-43(34-37)41-22-11-14-26-46(41)58(47)40-20-8-3-9-21-40/h1-34H. The van der Waals surface area contributed by atoms with Crippen LogP contribution in [0.5, 0.6) is 0 Å². The van der Waals surface area contributed by atoms with E-state index in [-0.39, 0.29) is 0 Å². The fraction of sp³-hybridized carbons (Fsp3) is 0.0185. The number of benzene rings is 8. The van der Waals surface area contributed by atoms with Crippen molar-refractivity contribution in [3.8, 4) is 50.2 Å². The Morgan fingerprint density at radius 3 is 1.80 bits per heavy atom. The smallest absolute Gasteiger partial charge is 0.160 e. The van der Waals surface area contributed by atoms with Crippen molar-refractivity contribution in [3.05, 3.63) is 229 Å². The van der Waals surface area contributed by atoms with Gasteiger partial charge in [-0.15, -0.1) is 11.3 Å². The Morgan fingerprint density at radius 1 is 0.441 bits per heavy atom. The van der Waals surface area contributed by atoms with Crippen molar-refractivity contribution in [2.45, 2.75) is 5.41 Å². The Balaban J connectivity index is 1.15. The molecule has 12 rings (SSSR count). The van der Waals surface area contributed by atoms with E-state index < -0.39 is 5.41 Å². The highest BCUT2D eigenvalue weighted by Crippen LogP contribution is 2.58. The normalized spacial score (nSPS) is 12.9. The van der Waals surface area contributed by atoms with Crippen LogP contribution in [0.3, 0.4) is 0 Å². The van der Waals surface area contributed by atoms with Crippen molar-refractivity contribution in [2.75, 3.05) is 0 Å². The van der Waals surface area contributed by atoms with Crippen LogP contribution in [-0.2, 0) is 5.41 Å². The van der Waals surface area contributed by atoms with E-state index in [1.807, 2.05) is 6.07 Å². The van der Waals surface area contributed by atoms with E-state index in [0.717, 1.165) is 60.9 Å². The summed E-state index contributed by atoms with van der Waals surface area (Å²) < 4.78 is 3.55. The second-order valence-electron chi connectivity index (χ2n) is 15.1. The first-order valence-electron chi connectivity index (χ1n) is 19.9. The monoisotopic (exact) mass is 770 g/mol. The molecule has 0 fully saturated rings. The number of thiazole rings is 1. The number of hydrogen-bond acceptors (Lipinski definition) is 4. The van der Waals surface area contributed by atoms with E-state index in [0.29, 0.717) is 5.82 Å².